The van der Waals surface area contributed by atoms with Crippen molar-refractivity contribution in [2.24, 2.45) is 5.73 Å². The maximum atomic E-state index is 5.42. The number of aryl methyl sites for hydroxylation is 1. The first-order chi connectivity index (χ1) is 5.72. The van der Waals surface area contributed by atoms with Crippen molar-refractivity contribution < 1.29 is 0 Å². The highest BCUT2D eigenvalue weighted by molar-refractivity contribution is 7.09. The van der Waals surface area contributed by atoms with Crippen molar-refractivity contribution in [2.45, 2.75) is 26.3 Å². The van der Waals surface area contributed by atoms with E-state index in [1.165, 1.54) is 11.5 Å². The van der Waals surface area contributed by atoms with Crippen molar-refractivity contribution in [1.29, 1.82) is 0 Å². The van der Waals surface area contributed by atoms with Gasteiger partial charge in [-0.25, -0.2) is 4.98 Å². The van der Waals surface area contributed by atoms with Gasteiger partial charge in [0.25, 0.3) is 0 Å². The summed E-state index contributed by atoms with van der Waals surface area (Å²) in [7, 11) is 0. The van der Waals surface area contributed by atoms with Crippen LogP contribution in [0.15, 0.2) is 0 Å². The second-order valence-electron chi connectivity index (χ2n) is 2.77. The molecular formula is C7H14N4S. The average molecular weight is 186 g/mol. The van der Waals surface area contributed by atoms with Crippen LogP contribution in [0.25, 0.3) is 0 Å². The number of hydrogen-bond donors (Lipinski definition) is 2. The smallest absolute Gasteiger partial charge is 0.202 e. The number of aromatic nitrogens is 2. The van der Waals surface area contributed by atoms with Crippen LogP contribution in [0.2, 0.25) is 0 Å². The molecule has 1 heterocycles. The van der Waals surface area contributed by atoms with E-state index in [0.29, 0.717) is 12.6 Å². The van der Waals surface area contributed by atoms with Crippen molar-refractivity contribution in [3.05, 3.63) is 5.82 Å². The summed E-state index contributed by atoms with van der Waals surface area (Å²) in [5.74, 6) is 0.822. The normalized spacial score (nSPS) is 12.9. The van der Waals surface area contributed by atoms with Crippen molar-refractivity contribution in [1.82, 2.24) is 9.36 Å². The lowest BCUT2D eigenvalue weighted by Crippen LogP contribution is -2.19. The maximum Gasteiger partial charge on any atom is 0.202 e. The monoisotopic (exact) mass is 186 g/mol. The average Bonchev–Trinajstić information content (AvgIpc) is 2.36. The molecule has 1 rings (SSSR count). The highest BCUT2D eigenvalue weighted by Crippen LogP contribution is 2.11. The zero-order valence-electron chi connectivity index (χ0n) is 7.37. The van der Waals surface area contributed by atoms with Crippen LogP contribution in [0, 0.1) is 6.92 Å². The molecule has 5 heteroatoms. The molecule has 1 unspecified atom stereocenters. The Kier molecular flexibility index (Phi) is 3.43. The third-order valence-electron chi connectivity index (χ3n) is 1.50. The molecule has 0 radical (unpaired) electrons. The van der Waals surface area contributed by atoms with Crippen molar-refractivity contribution >= 4 is 16.7 Å². The predicted molar refractivity (Wildman–Crippen MR) is 51.4 cm³/mol. The van der Waals surface area contributed by atoms with Gasteiger partial charge >= 0.3 is 0 Å². The van der Waals surface area contributed by atoms with Crippen molar-refractivity contribution in [3.8, 4) is 0 Å². The standard InChI is InChI=1S/C7H14N4S/c1-5(3-4-8)9-7-10-6(2)11-12-7/h5H,3-4,8H2,1-2H3,(H,9,10,11). The van der Waals surface area contributed by atoms with E-state index in [4.69, 9.17) is 5.73 Å². The number of nitrogens with zero attached hydrogens (tertiary/aromatic N) is 2. The first kappa shape index (κ1) is 9.41. The van der Waals surface area contributed by atoms with Crippen molar-refractivity contribution in [3.63, 3.8) is 0 Å². The molecule has 0 aliphatic rings. The van der Waals surface area contributed by atoms with Gasteiger partial charge in [-0.05, 0) is 26.8 Å². The zero-order chi connectivity index (χ0) is 8.97. The number of anilines is 1. The van der Waals surface area contributed by atoms with E-state index in [1.807, 2.05) is 6.92 Å². The summed E-state index contributed by atoms with van der Waals surface area (Å²) in [6, 6.07) is 0.377. The molecule has 68 valence electrons. The molecule has 0 aromatic carbocycles. The Labute approximate surface area is 76.4 Å². The first-order valence-corrected chi connectivity index (χ1v) is 4.76. The molecule has 0 saturated heterocycles. The minimum Gasteiger partial charge on any atom is -0.358 e. The highest BCUT2D eigenvalue weighted by atomic mass is 32.1. The lowest BCUT2D eigenvalue weighted by atomic mass is 10.2. The Hall–Kier alpha value is -0.680. The summed E-state index contributed by atoms with van der Waals surface area (Å²) in [5, 5.41) is 4.11. The van der Waals surface area contributed by atoms with Gasteiger partial charge < -0.3 is 11.1 Å². The Balaban J connectivity index is 2.41. The summed E-state index contributed by atoms with van der Waals surface area (Å²) in [6.45, 7) is 4.67. The van der Waals surface area contributed by atoms with Crippen LogP contribution >= 0.6 is 11.5 Å². The van der Waals surface area contributed by atoms with E-state index in [0.717, 1.165) is 17.4 Å². The van der Waals surface area contributed by atoms with Crippen LogP contribution in [0.4, 0.5) is 5.13 Å². The molecular weight excluding hydrogens is 172 g/mol. The fraction of sp³-hybridized carbons (Fsp3) is 0.714. The molecule has 0 bridgehead atoms. The van der Waals surface area contributed by atoms with Gasteiger partial charge in [0.1, 0.15) is 5.82 Å². The first-order valence-electron chi connectivity index (χ1n) is 3.99. The van der Waals surface area contributed by atoms with Crippen LogP contribution in [0.3, 0.4) is 0 Å². The van der Waals surface area contributed by atoms with Crippen LogP contribution in [-0.4, -0.2) is 21.9 Å². The van der Waals surface area contributed by atoms with Gasteiger partial charge in [-0.1, -0.05) is 0 Å². The maximum absolute atomic E-state index is 5.42. The number of nitrogens with one attached hydrogen (secondary N) is 1. The quantitative estimate of drug-likeness (QED) is 0.736. The SMILES string of the molecule is Cc1nsc(NC(C)CCN)n1. The van der Waals surface area contributed by atoms with E-state index in [1.54, 1.807) is 0 Å². The molecule has 12 heavy (non-hydrogen) atoms. The van der Waals surface area contributed by atoms with Crippen LogP contribution in [0.1, 0.15) is 19.2 Å². The van der Waals surface area contributed by atoms with Gasteiger partial charge in [0, 0.05) is 17.6 Å². The molecule has 1 aromatic heterocycles. The Morgan fingerprint density at radius 3 is 2.92 bits per heavy atom. The lowest BCUT2D eigenvalue weighted by molar-refractivity contribution is 0.716. The second kappa shape index (κ2) is 4.37. The topological polar surface area (TPSA) is 63.8 Å². The van der Waals surface area contributed by atoms with Gasteiger partial charge in [0.2, 0.25) is 5.13 Å². The summed E-state index contributed by atoms with van der Waals surface area (Å²) >= 11 is 1.39. The summed E-state index contributed by atoms with van der Waals surface area (Å²) < 4.78 is 4.07. The third kappa shape index (κ3) is 2.75. The Morgan fingerprint density at radius 1 is 1.67 bits per heavy atom. The highest BCUT2D eigenvalue weighted by Gasteiger charge is 2.03. The lowest BCUT2D eigenvalue weighted by Gasteiger charge is -2.09. The molecule has 3 N–H and O–H groups in total. The van der Waals surface area contributed by atoms with E-state index in [9.17, 15) is 0 Å². The molecule has 0 spiro atoms. The van der Waals surface area contributed by atoms with Gasteiger partial charge in [-0.2, -0.15) is 4.37 Å². The summed E-state index contributed by atoms with van der Waals surface area (Å²) in [6.07, 6.45) is 0.957. The van der Waals surface area contributed by atoms with E-state index < -0.39 is 0 Å². The Morgan fingerprint density at radius 2 is 2.42 bits per heavy atom. The summed E-state index contributed by atoms with van der Waals surface area (Å²) in [5.41, 5.74) is 5.42. The molecule has 0 amide bonds. The van der Waals surface area contributed by atoms with Crippen molar-refractivity contribution in [2.75, 3.05) is 11.9 Å². The molecule has 4 nitrogen and oxygen atoms in total. The largest absolute Gasteiger partial charge is 0.358 e. The van der Waals surface area contributed by atoms with Gasteiger partial charge in [-0.15, -0.1) is 0 Å². The fourth-order valence-electron chi connectivity index (χ4n) is 0.889. The Bertz CT molecular complexity index is 235. The minimum atomic E-state index is 0.377. The fourth-order valence-corrected chi connectivity index (χ4v) is 1.57. The third-order valence-corrected chi connectivity index (χ3v) is 2.23. The van der Waals surface area contributed by atoms with Gasteiger partial charge in [0.05, 0.1) is 0 Å². The predicted octanol–water partition coefficient (Wildman–Crippen LogP) is 0.996. The van der Waals surface area contributed by atoms with Crippen LogP contribution in [0.5, 0.6) is 0 Å². The second-order valence-corrected chi connectivity index (χ2v) is 3.52. The van der Waals surface area contributed by atoms with Crippen LogP contribution in [-0.2, 0) is 0 Å². The zero-order valence-corrected chi connectivity index (χ0v) is 8.19. The minimum absolute atomic E-state index is 0.377. The van der Waals surface area contributed by atoms with Gasteiger partial charge in [-0.3, -0.25) is 0 Å². The van der Waals surface area contributed by atoms with E-state index >= 15 is 0 Å². The molecule has 0 fully saturated rings. The van der Waals surface area contributed by atoms with Crippen LogP contribution < -0.4 is 11.1 Å². The molecule has 0 saturated carbocycles. The molecule has 1 atom stereocenters. The van der Waals surface area contributed by atoms with E-state index in [2.05, 4.69) is 21.6 Å². The van der Waals surface area contributed by atoms with Gasteiger partial charge in [0.15, 0.2) is 0 Å². The molecule has 1 aromatic rings. The number of hydrogen-bond acceptors (Lipinski definition) is 5. The molecule has 0 aliphatic carbocycles. The summed E-state index contributed by atoms with van der Waals surface area (Å²) in [4.78, 5) is 4.19. The molecule has 0 aliphatic heterocycles. The van der Waals surface area contributed by atoms with E-state index in [-0.39, 0.29) is 0 Å². The number of rotatable bonds is 4. The number of nitrogens with two attached hydrogens (primary N) is 1.